The molecular weight excluding hydrogens is 464 g/mol. The van der Waals surface area contributed by atoms with Crippen LogP contribution in [0.15, 0.2) is 29.3 Å². The molecule has 1 unspecified atom stereocenters. The highest BCUT2D eigenvalue weighted by molar-refractivity contribution is 14.0. The number of halogens is 2. The van der Waals surface area contributed by atoms with Crippen LogP contribution in [0.25, 0.3) is 0 Å². The highest BCUT2D eigenvalue weighted by atomic mass is 127. The molecule has 0 saturated carbocycles. The van der Waals surface area contributed by atoms with E-state index in [2.05, 4.69) is 25.8 Å². The third-order valence-corrected chi connectivity index (χ3v) is 4.88. The number of anilines is 1. The number of hydrogen-bond donors (Lipinski definition) is 3. The second-order valence-electron chi connectivity index (χ2n) is 6.94. The van der Waals surface area contributed by atoms with Gasteiger partial charge in [-0.1, -0.05) is 6.07 Å². The van der Waals surface area contributed by atoms with Gasteiger partial charge in [0.05, 0.1) is 6.54 Å². The minimum Gasteiger partial charge on any atom is -0.355 e. The SMILES string of the molecule is CN=C(NCC(=O)Nc1cccc(F)c1)N1CCCC2(CNC(=O)C2)C1.I. The van der Waals surface area contributed by atoms with E-state index in [9.17, 15) is 14.0 Å². The molecule has 0 aliphatic carbocycles. The van der Waals surface area contributed by atoms with Gasteiger partial charge in [-0.2, -0.15) is 0 Å². The molecule has 1 aromatic rings. The van der Waals surface area contributed by atoms with Crippen LogP contribution in [0.3, 0.4) is 0 Å². The van der Waals surface area contributed by atoms with E-state index >= 15 is 0 Å². The van der Waals surface area contributed by atoms with Crippen molar-refractivity contribution in [3.05, 3.63) is 30.1 Å². The van der Waals surface area contributed by atoms with E-state index in [1.807, 2.05) is 0 Å². The molecule has 27 heavy (non-hydrogen) atoms. The maximum atomic E-state index is 13.2. The van der Waals surface area contributed by atoms with Gasteiger partial charge in [-0.05, 0) is 31.0 Å². The minimum atomic E-state index is -0.398. The number of carbonyl (C=O) groups is 2. The van der Waals surface area contributed by atoms with Crippen LogP contribution in [0, 0.1) is 11.2 Å². The summed E-state index contributed by atoms with van der Waals surface area (Å²) in [5, 5.41) is 8.63. The number of nitrogens with zero attached hydrogens (tertiary/aromatic N) is 2. The van der Waals surface area contributed by atoms with Crippen molar-refractivity contribution in [2.75, 3.05) is 38.5 Å². The molecule has 3 rings (SSSR count). The standard InChI is InChI=1S/C18H24FN5O2.HI/c1-20-17(21-10-16(26)23-14-5-2-4-13(19)8-14)24-7-3-6-18(12-24)9-15(25)22-11-18;/h2,4-5,8H,3,6-7,9-12H2,1H3,(H,20,21)(H,22,25)(H,23,26);1H. The zero-order valence-corrected chi connectivity index (χ0v) is 17.6. The molecule has 148 valence electrons. The number of aliphatic imine (C=N–C) groups is 1. The largest absolute Gasteiger partial charge is 0.355 e. The Kier molecular flexibility index (Phi) is 7.40. The Morgan fingerprint density at radius 1 is 1.44 bits per heavy atom. The number of carbonyl (C=O) groups excluding carboxylic acids is 2. The van der Waals surface area contributed by atoms with Gasteiger partial charge in [-0.25, -0.2) is 4.39 Å². The lowest BCUT2D eigenvalue weighted by molar-refractivity contribution is -0.120. The van der Waals surface area contributed by atoms with Crippen molar-refractivity contribution in [2.45, 2.75) is 19.3 Å². The zero-order chi connectivity index (χ0) is 18.6. The first kappa shape index (κ1) is 21.4. The van der Waals surface area contributed by atoms with Crippen molar-refractivity contribution in [1.82, 2.24) is 15.5 Å². The molecule has 1 spiro atoms. The Hall–Kier alpha value is -1.91. The quantitative estimate of drug-likeness (QED) is 0.342. The fourth-order valence-electron chi connectivity index (χ4n) is 3.69. The van der Waals surface area contributed by atoms with Crippen molar-refractivity contribution in [3.8, 4) is 0 Å². The van der Waals surface area contributed by atoms with Crippen LogP contribution in [0.1, 0.15) is 19.3 Å². The normalized spacial score (nSPS) is 22.2. The lowest BCUT2D eigenvalue weighted by Gasteiger charge is -2.40. The van der Waals surface area contributed by atoms with Gasteiger partial charge in [0.1, 0.15) is 5.82 Å². The van der Waals surface area contributed by atoms with Gasteiger partial charge >= 0.3 is 0 Å². The molecular formula is C18H25FIN5O2. The third kappa shape index (κ3) is 5.53. The average Bonchev–Trinajstić information content (AvgIpc) is 2.95. The number of hydrogen-bond acceptors (Lipinski definition) is 3. The molecule has 2 amide bonds. The summed E-state index contributed by atoms with van der Waals surface area (Å²) in [5.74, 6) is 0.0631. The van der Waals surface area contributed by atoms with Gasteiger partial charge in [-0.15, -0.1) is 24.0 Å². The number of rotatable bonds is 3. The van der Waals surface area contributed by atoms with Gasteiger partial charge in [-0.3, -0.25) is 14.6 Å². The van der Waals surface area contributed by atoms with Gasteiger partial charge in [0.15, 0.2) is 5.96 Å². The Morgan fingerprint density at radius 2 is 2.26 bits per heavy atom. The van der Waals surface area contributed by atoms with Gasteiger partial charge < -0.3 is 20.9 Å². The molecule has 2 aliphatic rings. The van der Waals surface area contributed by atoms with E-state index in [-0.39, 0.29) is 47.8 Å². The van der Waals surface area contributed by atoms with E-state index < -0.39 is 5.82 Å². The first-order valence-corrected chi connectivity index (χ1v) is 8.77. The number of benzene rings is 1. The summed E-state index contributed by atoms with van der Waals surface area (Å²) < 4.78 is 13.2. The van der Waals surface area contributed by atoms with Crippen LogP contribution in [-0.4, -0.2) is 55.9 Å². The highest BCUT2D eigenvalue weighted by Crippen LogP contribution is 2.35. The second kappa shape index (κ2) is 9.34. The van der Waals surface area contributed by atoms with Crippen LogP contribution in [-0.2, 0) is 9.59 Å². The number of amides is 2. The topological polar surface area (TPSA) is 85.8 Å². The Morgan fingerprint density at radius 3 is 2.93 bits per heavy atom. The summed E-state index contributed by atoms with van der Waals surface area (Å²) in [6.45, 7) is 2.29. The Labute approximate surface area is 175 Å². The first-order chi connectivity index (χ1) is 12.5. The number of piperidine rings is 1. The van der Waals surface area contributed by atoms with Crippen molar-refractivity contribution in [3.63, 3.8) is 0 Å². The van der Waals surface area contributed by atoms with E-state index in [0.29, 0.717) is 24.6 Å². The van der Waals surface area contributed by atoms with E-state index in [4.69, 9.17) is 0 Å². The summed E-state index contributed by atoms with van der Waals surface area (Å²) in [4.78, 5) is 30.1. The Bertz CT molecular complexity index is 729. The lowest BCUT2D eigenvalue weighted by atomic mass is 9.79. The molecule has 2 saturated heterocycles. The molecule has 1 aromatic carbocycles. The number of likely N-dealkylation sites (tertiary alicyclic amines) is 1. The van der Waals surface area contributed by atoms with Gasteiger partial charge in [0, 0.05) is 44.2 Å². The summed E-state index contributed by atoms with van der Waals surface area (Å²) in [7, 11) is 1.67. The van der Waals surface area contributed by atoms with Crippen LogP contribution in [0.4, 0.5) is 10.1 Å². The first-order valence-electron chi connectivity index (χ1n) is 8.77. The molecule has 0 radical (unpaired) electrons. The summed E-state index contributed by atoms with van der Waals surface area (Å²) >= 11 is 0. The fourth-order valence-corrected chi connectivity index (χ4v) is 3.69. The predicted octanol–water partition coefficient (Wildman–Crippen LogP) is 1.56. The van der Waals surface area contributed by atoms with Crippen LogP contribution in [0.5, 0.6) is 0 Å². The number of guanidine groups is 1. The van der Waals surface area contributed by atoms with Gasteiger partial charge in [0.2, 0.25) is 11.8 Å². The molecule has 7 nitrogen and oxygen atoms in total. The zero-order valence-electron chi connectivity index (χ0n) is 15.3. The Balaban J connectivity index is 0.00000261. The van der Waals surface area contributed by atoms with Crippen molar-refractivity contribution < 1.29 is 14.0 Å². The second-order valence-corrected chi connectivity index (χ2v) is 6.94. The monoisotopic (exact) mass is 489 g/mol. The summed E-state index contributed by atoms with van der Waals surface area (Å²) in [5.41, 5.74) is 0.371. The van der Waals surface area contributed by atoms with Crippen LogP contribution < -0.4 is 16.0 Å². The third-order valence-electron chi connectivity index (χ3n) is 4.88. The fraction of sp³-hybridized carbons (Fsp3) is 0.500. The molecule has 2 heterocycles. The van der Waals surface area contributed by atoms with Crippen molar-refractivity contribution in [1.29, 1.82) is 0 Å². The predicted molar refractivity (Wildman–Crippen MR) is 113 cm³/mol. The van der Waals surface area contributed by atoms with E-state index in [0.717, 1.165) is 25.9 Å². The average molecular weight is 489 g/mol. The van der Waals surface area contributed by atoms with E-state index in [1.165, 1.54) is 12.1 Å². The molecule has 9 heteroatoms. The van der Waals surface area contributed by atoms with Crippen LogP contribution in [0.2, 0.25) is 0 Å². The smallest absolute Gasteiger partial charge is 0.243 e. The molecule has 3 N–H and O–H groups in total. The molecule has 2 fully saturated rings. The highest BCUT2D eigenvalue weighted by Gasteiger charge is 2.42. The van der Waals surface area contributed by atoms with Gasteiger partial charge in [0.25, 0.3) is 0 Å². The number of nitrogens with one attached hydrogen (secondary N) is 3. The molecule has 0 bridgehead atoms. The lowest BCUT2D eigenvalue weighted by Crippen LogP contribution is -2.52. The van der Waals surface area contributed by atoms with E-state index in [1.54, 1.807) is 19.2 Å². The summed E-state index contributed by atoms with van der Waals surface area (Å²) in [6.07, 6.45) is 2.53. The van der Waals surface area contributed by atoms with Crippen LogP contribution >= 0.6 is 24.0 Å². The molecule has 0 aromatic heterocycles. The maximum Gasteiger partial charge on any atom is 0.243 e. The van der Waals surface area contributed by atoms with Crippen molar-refractivity contribution in [2.24, 2.45) is 10.4 Å². The molecule has 1 atom stereocenters. The molecule has 2 aliphatic heterocycles. The summed E-state index contributed by atoms with van der Waals surface area (Å²) in [6, 6.07) is 5.77. The minimum absolute atomic E-state index is 0. The van der Waals surface area contributed by atoms with Crippen molar-refractivity contribution >= 4 is 47.4 Å². The maximum absolute atomic E-state index is 13.2.